The summed E-state index contributed by atoms with van der Waals surface area (Å²) in [6.07, 6.45) is 5.72. The molecule has 0 unspecified atom stereocenters. The molecule has 0 aliphatic carbocycles. The van der Waals surface area contributed by atoms with Gasteiger partial charge < -0.3 is 0 Å². The van der Waals surface area contributed by atoms with Gasteiger partial charge in [0, 0.05) is 0 Å². The molecule has 0 heterocycles. The Morgan fingerprint density at radius 1 is 1.38 bits per heavy atom. The van der Waals surface area contributed by atoms with Gasteiger partial charge in [-0.2, -0.15) is 0 Å². The number of rotatable bonds is 3. The molecule has 8 heavy (non-hydrogen) atoms. The minimum Gasteiger partial charge on any atom is -0.103 e. The van der Waals surface area contributed by atoms with Crippen LogP contribution in [0.4, 0.5) is 0 Å². The second-order valence-corrected chi connectivity index (χ2v) is 1.43. The Kier molecular flexibility index (Phi) is 21.2. The Bertz CT molecular complexity index is 29.0. The lowest BCUT2D eigenvalue weighted by molar-refractivity contribution is 0.816. The van der Waals surface area contributed by atoms with Gasteiger partial charge in [0.2, 0.25) is 0 Å². The average Bonchev–Trinajstić information content (AvgIpc) is 1.88. The maximum atomic E-state index is 3.60. The summed E-state index contributed by atoms with van der Waals surface area (Å²) in [6.45, 7) is 9.78. The SMILES string of the molecule is C=CCCCC.CC. The third kappa shape index (κ3) is 17.2. The summed E-state index contributed by atoms with van der Waals surface area (Å²) < 4.78 is 0. The first-order chi connectivity index (χ1) is 3.91. The molecule has 0 saturated carbocycles. The van der Waals surface area contributed by atoms with Crippen LogP contribution in [0, 0.1) is 0 Å². The minimum atomic E-state index is 1.18. The summed E-state index contributed by atoms with van der Waals surface area (Å²) in [6, 6.07) is 0. The summed E-state index contributed by atoms with van der Waals surface area (Å²) in [7, 11) is 0. The third-order valence-electron chi connectivity index (χ3n) is 0.762. The maximum absolute atomic E-state index is 3.60. The molecule has 0 bridgehead atoms. The van der Waals surface area contributed by atoms with Crippen molar-refractivity contribution < 1.29 is 0 Å². The van der Waals surface area contributed by atoms with E-state index in [1.807, 2.05) is 19.9 Å². The number of hydrogen-bond acceptors (Lipinski definition) is 0. The molecule has 0 radical (unpaired) electrons. The molecule has 0 fully saturated rings. The van der Waals surface area contributed by atoms with Crippen LogP contribution in [0.25, 0.3) is 0 Å². The van der Waals surface area contributed by atoms with Gasteiger partial charge in [0.1, 0.15) is 0 Å². The van der Waals surface area contributed by atoms with E-state index in [-0.39, 0.29) is 0 Å². The minimum absolute atomic E-state index is 1.18. The van der Waals surface area contributed by atoms with Crippen LogP contribution < -0.4 is 0 Å². The van der Waals surface area contributed by atoms with Crippen molar-refractivity contribution in [3.8, 4) is 0 Å². The van der Waals surface area contributed by atoms with Crippen molar-refractivity contribution in [2.24, 2.45) is 0 Å². The van der Waals surface area contributed by atoms with Crippen molar-refractivity contribution in [2.45, 2.75) is 40.0 Å². The molecule has 0 aliphatic rings. The molecule has 0 aromatic carbocycles. The van der Waals surface area contributed by atoms with Crippen molar-refractivity contribution in [3.63, 3.8) is 0 Å². The first-order valence-corrected chi connectivity index (χ1v) is 3.52. The van der Waals surface area contributed by atoms with E-state index in [0.717, 1.165) is 0 Å². The normalized spacial score (nSPS) is 6.88. The average molecular weight is 114 g/mol. The molecule has 0 saturated heterocycles. The molecule has 0 atom stereocenters. The number of hydrogen-bond donors (Lipinski definition) is 0. The van der Waals surface area contributed by atoms with Crippen LogP contribution in [-0.2, 0) is 0 Å². The third-order valence-corrected chi connectivity index (χ3v) is 0.762. The molecular weight excluding hydrogens is 96.1 g/mol. The summed E-state index contributed by atoms with van der Waals surface area (Å²) >= 11 is 0. The zero-order valence-electron chi connectivity index (χ0n) is 6.41. The van der Waals surface area contributed by atoms with Crippen LogP contribution in [0.5, 0.6) is 0 Å². The Labute approximate surface area is 53.6 Å². The van der Waals surface area contributed by atoms with E-state index < -0.39 is 0 Å². The monoisotopic (exact) mass is 114 g/mol. The first-order valence-electron chi connectivity index (χ1n) is 3.52. The quantitative estimate of drug-likeness (QED) is 0.389. The Morgan fingerprint density at radius 3 is 2.00 bits per heavy atom. The predicted octanol–water partition coefficient (Wildman–Crippen LogP) is 3.39. The van der Waals surface area contributed by atoms with Crippen LogP contribution >= 0.6 is 0 Å². The molecule has 0 aromatic rings. The highest BCUT2D eigenvalue weighted by atomic mass is 13.8. The fraction of sp³-hybridized carbons (Fsp3) is 0.750. The van der Waals surface area contributed by atoms with E-state index in [4.69, 9.17) is 0 Å². The van der Waals surface area contributed by atoms with E-state index in [9.17, 15) is 0 Å². The molecule has 0 spiro atoms. The summed E-state index contributed by atoms with van der Waals surface area (Å²) in [5.74, 6) is 0. The summed E-state index contributed by atoms with van der Waals surface area (Å²) in [4.78, 5) is 0. The predicted molar refractivity (Wildman–Crippen MR) is 41.1 cm³/mol. The fourth-order valence-electron chi connectivity index (χ4n) is 0.348. The smallest absolute Gasteiger partial charge is 0.0354 e. The maximum Gasteiger partial charge on any atom is -0.0354 e. The van der Waals surface area contributed by atoms with Crippen LogP contribution in [-0.4, -0.2) is 0 Å². The molecule has 0 N–H and O–H groups in total. The lowest BCUT2D eigenvalue weighted by Gasteiger charge is -1.81. The van der Waals surface area contributed by atoms with E-state index in [0.29, 0.717) is 0 Å². The van der Waals surface area contributed by atoms with Crippen molar-refractivity contribution in [1.29, 1.82) is 0 Å². The molecule has 0 amide bonds. The van der Waals surface area contributed by atoms with Gasteiger partial charge in [-0.25, -0.2) is 0 Å². The first kappa shape index (κ1) is 10.7. The van der Waals surface area contributed by atoms with Crippen molar-refractivity contribution in [1.82, 2.24) is 0 Å². The zero-order chi connectivity index (χ0) is 6.83. The molecule has 0 aromatic heterocycles. The van der Waals surface area contributed by atoms with Gasteiger partial charge >= 0.3 is 0 Å². The second-order valence-electron chi connectivity index (χ2n) is 1.43. The number of unbranched alkanes of at least 4 members (excludes halogenated alkanes) is 2. The van der Waals surface area contributed by atoms with Gasteiger partial charge in [0.05, 0.1) is 0 Å². The molecule has 50 valence electrons. The van der Waals surface area contributed by atoms with Crippen molar-refractivity contribution >= 4 is 0 Å². The molecular formula is C8H18. The fourth-order valence-corrected chi connectivity index (χ4v) is 0.348. The van der Waals surface area contributed by atoms with E-state index in [2.05, 4.69) is 13.5 Å². The van der Waals surface area contributed by atoms with Crippen molar-refractivity contribution in [2.75, 3.05) is 0 Å². The van der Waals surface area contributed by atoms with Crippen LogP contribution in [0.2, 0.25) is 0 Å². The van der Waals surface area contributed by atoms with E-state index in [1.54, 1.807) is 0 Å². The van der Waals surface area contributed by atoms with Crippen LogP contribution in [0.3, 0.4) is 0 Å². The zero-order valence-corrected chi connectivity index (χ0v) is 6.41. The highest BCUT2D eigenvalue weighted by Gasteiger charge is 1.71. The highest BCUT2D eigenvalue weighted by molar-refractivity contribution is 4.64. The summed E-state index contributed by atoms with van der Waals surface area (Å²) in [5, 5.41) is 0. The Hall–Kier alpha value is -0.260. The van der Waals surface area contributed by atoms with E-state index in [1.165, 1.54) is 19.3 Å². The molecule has 0 nitrogen and oxygen atoms in total. The second kappa shape index (κ2) is 15.9. The van der Waals surface area contributed by atoms with Gasteiger partial charge in [-0.15, -0.1) is 6.58 Å². The lowest BCUT2D eigenvalue weighted by Crippen LogP contribution is -1.61. The van der Waals surface area contributed by atoms with E-state index >= 15 is 0 Å². The Morgan fingerprint density at radius 2 is 1.88 bits per heavy atom. The number of allylic oxidation sites excluding steroid dienone is 1. The Balaban J connectivity index is 0. The van der Waals surface area contributed by atoms with Crippen molar-refractivity contribution in [3.05, 3.63) is 12.7 Å². The standard InChI is InChI=1S/C6H12.C2H6/c1-3-5-6-4-2;1-2/h3H,1,4-6H2,2H3;1-2H3. The van der Waals surface area contributed by atoms with Crippen LogP contribution in [0.15, 0.2) is 12.7 Å². The van der Waals surface area contributed by atoms with Gasteiger partial charge in [0.15, 0.2) is 0 Å². The highest BCUT2D eigenvalue weighted by Crippen LogP contribution is 1.91. The summed E-state index contributed by atoms with van der Waals surface area (Å²) in [5.41, 5.74) is 0. The molecule has 0 rings (SSSR count). The van der Waals surface area contributed by atoms with Gasteiger partial charge in [0.25, 0.3) is 0 Å². The topological polar surface area (TPSA) is 0 Å². The molecule has 0 heteroatoms. The largest absolute Gasteiger partial charge is 0.103 e. The lowest BCUT2D eigenvalue weighted by atomic mass is 10.3. The molecule has 0 aliphatic heterocycles. The van der Waals surface area contributed by atoms with Gasteiger partial charge in [-0.3, -0.25) is 0 Å². The van der Waals surface area contributed by atoms with Crippen LogP contribution in [0.1, 0.15) is 40.0 Å². The van der Waals surface area contributed by atoms with Gasteiger partial charge in [-0.05, 0) is 6.42 Å². The van der Waals surface area contributed by atoms with Gasteiger partial charge in [-0.1, -0.05) is 39.7 Å².